The molecule has 0 saturated carbocycles. The fourth-order valence-corrected chi connectivity index (χ4v) is 3.90. The number of nitrogens with zero attached hydrogens (tertiary/aromatic N) is 4. The van der Waals surface area contributed by atoms with E-state index >= 15 is 0 Å². The Bertz CT molecular complexity index is 619. The summed E-state index contributed by atoms with van der Waals surface area (Å²) in [5.74, 6) is 0. The summed E-state index contributed by atoms with van der Waals surface area (Å²) in [6.07, 6.45) is 1.11. The quantitative estimate of drug-likeness (QED) is 0.914. The second-order valence-electron chi connectivity index (χ2n) is 6.23. The number of rotatable bonds is 5. The Kier molecular flexibility index (Phi) is 4.93. The molecule has 5 nitrogen and oxygen atoms in total. The van der Waals surface area contributed by atoms with E-state index < -0.39 is 0 Å². The Labute approximate surface area is 135 Å². The number of aryl methyl sites for hydroxylation is 1. The molecular formula is C16H24N4OS. The standard InChI is InChI=1S/C16H24N4OS/c1-18(2)8-13-6-16(22-12-13)10-19-4-3-5-20-15(9-19)7-14(11-21)17-20/h6-7,12,21H,3-5,8-11H2,1-2H3. The highest BCUT2D eigenvalue weighted by Crippen LogP contribution is 2.21. The van der Waals surface area contributed by atoms with Crippen LogP contribution in [0.25, 0.3) is 0 Å². The van der Waals surface area contributed by atoms with Crippen LogP contribution in [0.5, 0.6) is 0 Å². The first-order valence-corrected chi connectivity index (χ1v) is 8.62. The van der Waals surface area contributed by atoms with Crippen molar-refractivity contribution >= 4 is 11.3 Å². The van der Waals surface area contributed by atoms with Gasteiger partial charge in [0.25, 0.3) is 0 Å². The van der Waals surface area contributed by atoms with E-state index in [0.717, 1.165) is 44.8 Å². The van der Waals surface area contributed by atoms with E-state index in [0.29, 0.717) is 0 Å². The minimum atomic E-state index is 0.0266. The topological polar surface area (TPSA) is 44.5 Å². The lowest BCUT2D eigenvalue weighted by molar-refractivity contribution is 0.262. The summed E-state index contributed by atoms with van der Waals surface area (Å²) in [6.45, 7) is 4.98. The average Bonchev–Trinajstić information content (AvgIpc) is 3.01. The van der Waals surface area contributed by atoms with E-state index in [1.165, 1.54) is 16.1 Å². The predicted octanol–water partition coefficient (Wildman–Crippen LogP) is 1.90. The molecule has 3 heterocycles. The molecule has 1 aliphatic rings. The number of hydrogen-bond donors (Lipinski definition) is 1. The molecule has 0 amide bonds. The van der Waals surface area contributed by atoms with Crippen molar-refractivity contribution in [2.45, 2.75) is 39.2 Å². The highest BCUT2D eigenvalue weighted by Gasteiger charge is 2.17. The molecule has 1 N–H and O–H groups in total. The summed E-state index contributed by atoms with van der Waals surface area (Å²) >= 11 is 1.85. The van der Waals surface area contributed by atoms with Crippen molar-refractivity contribution in [1.82, 2.24) is 19.6 Å². The van der Waals surface area contributed by atoms with Crippen LogP contribution in [0, 0.1) is 0 Å². The molecule has 0 fully saturated rings. The third-order valence-electron chi connectivity index (χ3n) is 3.89. The molecule has 1 aliphatic heterocycles. The van der Waals surface area contributed by atoms with Gasteiger partial charge in [-0.1, -0.05) is 0 Å². The maximum atomic E-state index is 9.24. The SMILES string of the molecule is CN(C)Cc1csc(CN2CCCn3nc(CO)cc3C2)c1. The van der Waals surface area contributed by atoms with Crippen molar-refractivity contribution in [2.75, 3.05) is 20.6 Å². The molecule has 120 valence electrons. The van der Waals surface area contributed by atoms with Crippen molar-refractivity contribution in [3.63, 3.8) is 0 Å². The molecule has 0 aromatic carbocycles. The van der Waals surface area contributed by atoms with Crippen LogP contribution in [0.3, 0.4) is 0 Å². The van der Waals surface area contributed by atoms with Crippen LogP contribution in [0.4, 0.5) is 0 Å². The van der Waals surface area contributed by atoms with Gasteiger partial charge in [0.15, 0.2) is 0 Å². The third kappa shape index (κ3) is 3.76. The summed E-state index contributed by atoms with van der Waals surface area (Å²) in [5, 5.41) is 16.0. The second-order valence-corrected chi connectivity index (χ2v) is 7.23. The van der Waals surface area contributed by atoms with Gasteiger partial charge < -0.3 is 10.0 Å². The van der Waals surface area contributed by atoms with Gasteiger partial charge in [-0.05, 0) is 43.6 Å². The number of thiophene rings is 1. The fraction of sp³-hybridized carbons (Fsp3) is 0.562. The number of aromatic nitrogens is 2. The average molecular weight is 320 g/mol. The van der Waals surface area contributed by atoms with E-state index in [2.05, 4.69) is 45.1 Å². The highest BCUT2D eigenvalue weighted by molar-refractivity contribution is 7.10. The first-order chi connectivity index (χ1) is 10.6. The molecular weight excluding hydrogens is 296 g/mol. The summed E-state index contributed by atoms with van der Waals surface area (Å²) < 4.78 is 2.05. The van der Waals surface area contributed by atoms with Crippen molar-refractivity contribution in [3.8, 4) is 0 Å². The Morgan fingerprint density at radius 1 is 1.32 bits per heavy atom. The van der Waals surface area contributed by atoms with Gasteiger partial charge in [0.2, 0.25) is 0 Å². The van der Waals surface area contributed by atoms with Crippen LogP contribution in [0.15, 0.2) is 17.5 Å². The summed E-state index contributed by atoms with van der Waals surface area (Å²) in [5.41, 5.74) is 3.39. The van der Waals surface area contributed by atoms with Crippen LogP contribution in [-0.4, -0.2) is 45.3 Å². The number of aliphatic hydroxyl groups is 1. The Balaban J connectivity index is 1.66. The van der Waals surface area contributed by atoms with Gasteiger partial charge in [0.05, 0.1) is 18.0 Å². The van der Waals surface area contributed by atoms with E-state index in [1.807, 2.05) is 17.4 Å². The zero-order valence-corrected chi connectivity index (χ0v) is 14.1. The van der Waals surface area contributed by atoms with Gasteiger partial charge in [0, 0.05) is 37.6 Å². The van der Waals surface area contributed by atoms with Gasteiger partial charge in [0.1, 0.15) is 0 Å². The largest absolute Gasteiger partial charge is 0.390 e. The van der Waals surface area contributed by atoms with Crippen LogP contribution in [0.1, 0.15) is 28.2 Å². The summed E-state index contributed by atoms with van der Waals surface area (Å²) in [7, 11) is 4.21. The minimum Gasteiger partial charge on any atom is -0.390 e. The lowest BCUT2D eigenvalue weighted by Gasteiger charge is -2.18. The van der Waals surface area contributed by atoms with E-state index in [-0.39, 0.29) is 6.61 Å². The van der Waals surface area contributed by atoms with Gasteiger partial charge in [-0.25, -0.2) is 0 Å². The molecule has 0 atom stereocenters. The van der Waals surface area contributed by atoms with E-state index in [9.17, 15) is 5.11 Å². The van der Waals surface area contributed by atoms with E-state index in [1.54, 1.807) is 0 Å². The lowest BCUT2D eigenvalue weighted by Crippen LogP contribution is -2.22. The van der Waals surface area contributed by atoms with Crippen LogP contribution in [-0.2, 0) is 32.8 Å². The highest BCUT2D eigenvalue weighted by atomic mass is 32.1. The Morgan fingerprint density at radius 3 is 2.95 bits per heavy atom. The zero-order chi connectivity index (χ0) is 15.5. The monoisotopic (exact) mass is 320 g/mol. The first-order valence-electron chi connectivity index (χ1n) is 7.74. The molecule has 0 saturated heterocycles. The molecule has 2 aromatic rings. The van der Waals surface area contributed by atoms with Crippen LogP contribution >= 0.6 is 11.3 Å². The van der Waals surface area contributed by atoms with Crippen molar-refractivity contribution < 1.29 is 5.11 Å². The number of fused-ring (bicyclic) bond motifs is 1. The zero-order valence-electron chi connectivity index (χ0n) is 13.3. The second kappa shape index (κ2) is 6.91. The molecule has 3 rings (SSSR count). The molecule has 0 bridgehead atoms. The normalized spacial score (nSPS) is 16.0. The summed E-state index contributed by atoms with van der Waals surface area (Å²) in [4.78, 5) is 6.10. The number of aliphatic hydroxyl groups excluding tert-OH is 1. The van der Waals surface area contributed by atoms with Crippen molar-refractivity contribution in [2.24, 2.45) is 0 Å². The minimum absolute atomic E-state index is 0.0266. The molecule has 0 aliphatic carbocycles. The van der Waals surface area contributed by atoms with Gasteiger partial charge in [-0.3, -0.25) is 9.58 Å². The maximum Gasteiger partial charge on any atom is 0.0882 e. The molecule has 0 spiro atoms. The van der Waals surface area contributed by atoms with Crippen molar-refractivity contribution in [1.29, 1.82) is 0 Å². The summed E-state index contributed by atoms with van der Waals surface area (Å²) in [6, 6.07) is 4.36. The van der Waals surface area contributed by atoms with Gasteiger partial charge in [-0.2, -0.15) is 5.10 Å². The Morgan fingerprint density at radius 2 is 2.18 bits per heavy atom. The molecule has 6 heteroatoms. The maximum absolute atomic E-state index is 9.24. The van der Waals surface area contributed by atoms with Gasteiger partial charge in [-0.15, -0.1) is 11.3 Å². The van der Waals surface area contributed by atoms with Gasteiger partial charge >= 0.3 is 0 Å². The van der Waals surface area contributed by atoms with Crippen molar-refractivity contribution in [3.05, 3.63) is 39.3 Å². The molecule has 0 unspecified atom stereocenters. The molecule has 22 heavy (non-hydrogen) atoms. The number of hydrogen-bond acceptors (Lipinski definition) is 5. The fourth-order valence-electron chi connectivity index (χ4n) is 2.98. The smallest absolute Gasteiger partial charge is 0.0882 e. The first kappa shape index (κ1) is 15.7. The lowest BCUT2D eigenvalue weighted by atomic mass is 10.2. The third-order valence-corrected chi connectivity index (χ3v) is 4.86. The van der Waals surface area contributed by atoms with Crippen LogP contribution < -0.4 is 0 Å². The van der Waals surface area contributed by atoms with Crippen LogP contribution in [0.2, 0.25) is 0 Å². The Hall–Kier alpha value is -1.21. The molecule has 0 radical (unpaired) electrons. The van der Waals surface area contributed by atoms with E-state index in [4.69, 9.17) is 0 Å². The molecule has 2 aromatic heterocycles. The predicted molar refractivity (Wildman–Crippen MR) is 88.6 cm³/mol.